The number of hydrogen-bond donors (Lipinski definition) is 2. The number of hydrogen-bond acceptors (Lipinski definition) is 2. The Kier molecular flexibility index (Phi) is 7.70. The van der Waals surface area contributed by atoms with Crippen molar-refractivity contribution in [1.82, 2.24) is 0 Å². The first-order valence-corrected chi connectivity index (χ1v) is 8.07. The van der Waals surface area contributed by atoms with Crippen LogP contribution in [0.2, 0.25) is 12.1 Å². The molecular weight excluding hydrogens is 439 g/mol. The molecule has 0 rings (SSSR count). The van der Waals surface area contributed by atoms with Crippen molar-refractivity contribution >= 4 is 9.52 Å². The standard InChI is InChI=1S/C11H11F13O2Si/c12-6(13,1-2-27-4-5(26)3-25)7(14,15)8(16,17)9(18,19)10(20,21)11(22,23)24/h5,25-26H,1-4H2. The molecule has 2 radical (unpaired) electrons. The van der Waals surface area contributed by atoms with E-state index in [1.807, 2.05) is 0 Å². The second-order valence-corrected chi connectivity index (χ2v) is 6.70. The van der Waals surface area contributed by atoms with Gasteiger partial charge in [-0.05, 0) is 6.04 Å². The lowest BCUT2D eigenvalue weighted by atomic mass is 9.93. The molecule has 0 amide bonds. The van der Waals surface area contributed by atoms with Gasteiger partial charge in [-0.15, -0.1) is 0 Å². The number of halogens is 13. The van der Waals surface area contributed by atoms with Crippen LogP contribution < -0.4 is 0 Å². The second-order valence-electron chi connectivity index (χ2n) is 5.29. The van der Waals surface area contributed by atoms with Crippen molar-refractivity contribution < 1.29 is 67.3 Å². The molecule has 162 valence electrons. The largest absolute Gasteiger partial charge is 0.460 e. The molecule has 0 aromatic heterocycles. The zero-order chi connectivity index (χ0) is 22.1. The molecule has 0 aromatic carbocycles. The third-order valence-corrected chi connectivity index (χ3v) is 4.57. The van der Waals surface area contributed by atoms with Crippen molar-refractivity contribution in [3.05, 3.63) is 0 Å². The molecule has 0 spiro atoms. The minimum absolute atomic E-state index is 0.461. The van der Waals surface area contributed by atoms with Gasteiger partial charge in [0.2, 0.25) is 0 Å². The monoisotopic (exact) mass is 450 g/mol. The summed E-state index contributed by atoms with van der Waals surface area (Å²) < 4.78 is 166. The third kappa shape index (κ3) is 4.63. The van der Waals surface area contributed by atoms with E-state index in [2.05, 4.69) is 0 Å². The highest BCUT2D eigenvalue weighted by Gasteiger charge is 2.90. The van der Waals surface area contributed by atoms with Gasteiger partial charge in [0, 0.05) is 15.9 Å². The molecule has 27 heavy (non-hydrogen) atoms. The minimum Gasteiger partial charge on any atom is -0.394 e. The van der Waals surface area contributed by atoms with Crippen LogP contribution in [0.15, 0.2) is 0 Å². The van der Waals surface area contributed by atoms with E-state index >= 15 is 0 Å². The first-order chi connectivity index (χ1) is 11.7. The number of rotatable bonds is 10. The van der Waals surface area contributed by atoms with E-state index < -0.39 is 76.5 Å². The van der Waals surface area contributed by atoms with Crippen molar-refractivity contribution in [2.24, 2.45) is 0 Å². The van der Waals surface area contributed by atoms with Crippen LogP contribution in [0.5, 0.6) is 0 Å². The summed E-state index contributed by atoms with van der Waals surface area (Å²) in [7, 11) is -0.862. The van der Waals surface area contributed by atoms with E-state index in [0.717, 1.165) is 0 Å². The topological polar surface area (TPSA) is 40.5 Å². The summed E-state index contributed by atoms with van der Waals surface area (Å²) in [5, 5.41) is 17.3. The van der Waals surface area contributed by atoms with E-state index in [4.69, 9.17) is 10.2 Å². The fourth-order valence-electron chi connectivity index (χ4n) is 1.54. The molecule has 0 aliphatic rings. The highest BCUT2D eigenvalue weighted by atomic mass is 28.2. The summed E-state index contributed by atoms with van der Waals surface area (Å²) in [6.45, 7) is -0.865. The lowest BCUT2D eigenvalue weighted by Crippen LogP contribution is -2.70. The Labute approximate surface area is 145 Å². The Morgan fingerprint density at radius 3 is 1.44 bits per heavy atom. The molecule has 16 heteroatoms. The van der Waals surface area contributed by atoms with Crippen molar-refractivity contribution in [1.29, 1.82) is 0 Å². The predicted molar refractivity (Wildman–Crippen MR) is 63.9 cm³/mol. The number of aliphatic hydroxyl groups is 2. The molecule has 2 nitrogen and oxygen atoms in total. The Morgan fingerprint density at radius 1 is 0.667 bits per heavy atom. The van der Waals surface area contributed by atoms with Crippen molar-refractivity contribution in [3.8, 4) is 0 Å². The zero-order valence-corrected chi connectivity index (χ0v) is 13.7. The van der Waals surface area contributed by atoms with Gasteiger partial charge in [0.1, 0.15) is 0 Å². The van der Waals surface area contributed by atoms with Crippen LogP contribution in [0.4, 0.5) is 57.1 Å². The lowest BCUT2D eigenvalue weighted by Gasteiger charge is -2.39. The molecule has 1 atom stereocenters. The molecule has 0 aliphatic carbocycles. The van der Waals surface area contributed by atoms with Gasteiger partial charge in [-0.1, -0.05) is 6.04 Å². The Hall–Kier alpha value is -0.773. The van der Waals surface area contributed by atoms with Gasteiger partial charge >= 0.3 is 35.8 Å². The summed E-state index contributed by atoms with van der Waals surface area (Å²) >= 11 is 0. The molecule has 1 unspecified atom stereocenters. The van der Waals surface area contributed by atoms with Gasteiger partial charge < -0.3 is 10.2 Å². The van der Waals surface area contributed by atoms with Gasteiger partial charge in [0.15, 0.2) is 0 Å². The van der Waals surface area contributed by atoms with E-state index in [9.17, 15) is 57.1 Å². The van der Waals surface area contributed by atoms with Crippen molar-refractivity contribution in [3.63, 3.8) is 0 Å². The van der Waals surface area contributed by atoms with Crippen LogP contribution in [-0.4, -0.2) is 68.2 Å². The first kappa shape index (κ1) is 26.2. The summed E-state index contributed by atoms with van der Waals surface area (Å²) in [5.74, 6) is -36.7. The lowest BCUT2D eigenvalue weighted by molar-refractivity contribution is -0.439. The van der Waals surface area contributed by atoms with Crippen LogP contribution in [0.25, 0.3) is 0 Å². The molecular formula is C11H11F13O2Si. The van der Waals surface area contributed by atoms with E-state index in [-0.39, 0.29) is 0 Å². The van der Waals surface area contributed by atoms with Crippen LogP contribution >= 0.6 is 0 Å². The second kappa shape index (κ2) is 7.92. The smallest absolute Gasteiger partial charge is 0.394 e. The quantitative estimate of drug-likeness (QED) is 0.300. The zero-order valence-electron chi connectivity index (χ0n) is 12.7. The number of alkyl halides is 13. The molecule has 0 aromatic rings. The van der Waals surface area contributed by atoms with Gasteiger partial charge in [-0.2, -0.15) is 57.1 Å². The normalized spacial score (nSPS) is 16.6. The predicted octanol–water partition coefficient (Wildman–Crippen LogP) is 4.01. The fourth-order valence-corrected chi connectivity index (χ4v) is 2.69. The summed E-state index contributed by atoms with van der Waals surface area (Å²) in [5.41, 5.74) is 0. The van der Waals surface area contributed by atoms with Crippen molar-refractivity contribution in [2.45, 2.75) is 60.4 Å². The van der Waals surface area contributed by atoms with Gasteiger partial charge in [-0.25, -0.2) is 0 Å². The average molecular weight is 450 g/mol. The summed E-state index contributed by atoms with van der Waals surface area (Å²) in [6.07, 6.45) is -11.2. The van der Waals surface area contributed by atoms with Crippen LogP contribution in [0.3, 0.4) is 0 Å². The SMILES string of the molecule is OCC(O)C[Si]CCC(F)(F)C(F)(F)C(F)(F)C(F)(F)C(F)(F)C(F)(F)F. The molecule has 0 fully saturated rings. The summed E-state index contributed by atoms with van der Waals surface area (Å²) in [6, 6.07) is -1.56. The molecule has 0 heterocycles. The molecule has 0 aliphatic heterocycles. The highest BCUT2D eigenvalue weighted by Crippen LogP contribution is 2.60. The molecule has 0 saturated carbocycles. The maximum absolute atomic E-state index is 13.3. The van der Waals surface area contributed by atoms with Gasteiger partial charge in [-0.3, -0.25) is 0 Å². The van der Waals surface area contributed by atoms with Gasteiger partial charge in [0.05, 0.1) is 12.7 Å². The molecule has 0 saturated heterocycles. The molecule has 0 bridgehead atoms. The minimum atomic E-state index is -7.89. The van der Waals surface area contributed by atoms with Crippen molar-refractivity contribution in [2.75, 3.05) is 6.61 Å². The van der Waals surface area contributed by atoms with E-state index in [1.165, 1.54) is 0 Å². The fraction of sp³-hybridized carbons (Fsp3) is 1.00. The average Bonchev–Trinajstić information content (AvgIpc) is 2.49. The van der Waals surface area contributed by atoms with Crippen LogP contribution in [0, 0.1) is 0 Å². The molecule has 2 N–H and O–H groups in total. The van der Waals surface area contributed by atoms with E-state index in [0.29, 0.717) is 0 Å². The number of aliphatic hydroxyl groups excluding tert-OH is 2. The Morgan fingerprint density at radius 2 is 1.07 bits per heavy atom. The third-order valence-electron chi connectivity index (χ3n) is 3.20. The first-order valence-electron chi connectivity index (χ1n) is 6.66. The van der Waals surface area contributed by atoms with Gasteiger partial charge in [0.25, 0.3) is 0 Å². The maximum Gasteiger partial charge on any atom is 0.460 e. The van der Waals surface area contributed by atoms with Crippen LogP contribution in [-0.2, 0) is 0 Å². The maximum atomic E-state index is 13.3. The Balaban J connectivity index is 5.62. The van der Waals surface area contributed by atoms with Crippen LogP contribution in [0.1, 0.15) is 6.42 Å². The Bertz CT molecular complexity index is 491. The highest BCUT2D eigenvalue weighted by molar-refractivity contribution is 6.35. The van der Waals surface area contributed by atoms with E-state index in [1.54, 1.807) is 0 Å². The summed E-state index contributed by atoms with van der Waals surface area (Å²) in [4.78, 5) is 0.